The highest BCUT2D eigenvalue weighted by atomic mass is 32.1. The van der Waals surface area contributed by atoms with E-state index in [2.05, 4.69) is 26.2 Å². The summed E-state index contributed by atoms with van der Waals surface area (Å²) in [6.45, 7) is 4.41. The van der Waals surface area contributed by atoms with E-state index in [4.69, 9.17) is 10.1 Å². The molecule has 4 rings (SSSR count). The minimum absolute atomic E-state index is 0.152. The first-order valence-corrected chi connectivity index (χ1v) is 9.63. The van der Waals surface area contributed by atoms with Gasteiger partial charge in [0.1, 0.15) is 0 Å². The molecule has 0 aromatic carbocycles. The van der Waals surface area contributed by atoms with E-state index >= 15 is 0 Å². The van der Waals surface area contributed by atoms with E-state index in [0.29, 0.717) is 12.0 Å². The van der Waals surface area contributed by atoms with Crippen molar-refractivity contribution < 1.29 is 9.90 Å². The zero-order valence-corrected chi connectivity index (χ0v) is 14.9. The Morgan fingerprint density at radius 3 is 2.80 bits per heavy atom. The second-order valence-corrected chi connectivity index (χ2v) is 7.61. The molecule has 1 N–H and O–H groups in total. The van der Waals surface area contributed by atoms with Gasteiger partial charge in [-0.2, -0.15) is 0 Å². The fourth-order valence-electron chi connectivity index (χ4n) is 3.62. The van der Waals surface area contributed by atoms with E-state index in [1.165, 1.54) is 4.88 Å². The molecule has 132 valence electrons. The van der Waals surface area contributed by atoms with Gasteiger partial charge in [-0.05, 0) is 17.9 Å². The number of carbonyl (C=O) groups excluding carboxylic acids is 1. The fraction of sp³-hybridized carbons (Fsp3) is 0.500. The van der Waals surface area contributed by atoms with Gasteiger partial charge in [-0.15, -0.1) is 11.3 Å². The van der Waals surface area contributed by atoms with E-state index < -0.39 is 0 Å². The summed E-state index contributed by atoms with van der Waals surface area (Å²) in [5.74, 6) is 1.12. The van der Waals surface area contributed by atoms with Crippen molar-refractivity contribution in [3.63, 3.8) is 0 Å². The summed E-state index contributed by atoms with van der Waals surface area (Å²) >= 11 is 1.71. The summed E-state index contributed by atoms with van der Waals surface area (Å²) in [5.41, 5.74) is 1.58. The van der Waals surface area contributed by atoms with Crippen LogP contribution in [0.15, 0.2) is 23.7 Å². The van der Waals surface area contributed by atoms with E-state index in [-0.39, 0.29) is 18.3 Å². The molecule has 1 fully saturated rings. The lowest BCUT2D eigenvalue weighted by Gasteiger charge is -2.34. The van der Waals surface area contributed by atoms with Crippen LogP contribution >= 0.6 is 11.3 Å². The molecule has 6 nitrogen and oxygen atoms in total. The molecular formula is C18H22N4O2S. The lowest BCUT2D eigenvalue weighted by molar-refractivity contribution is 0.0963. The van der Waals surface area contributed by atoms with Gasteiger partial charge < -0.3 is 10.0 Å². The molecule has 2 aliphatic rings. The van der Waals surface area contributed by atoms with Crippen molar-refractivity contribution in [2.24, 2.45) is 0 Å². The number of rotatable bonds is 4. The largest absolute Gasteiger partial charge is 0.395 e. The average Bonchev–Trinajstić information content (AvgIpc) is 3.17. The third-order valence-corrected chi connectivity index (χ3v) is 6.08. The number of hydrogen-bond acceptors (Lipinski definition) is 7. The van der Waals surface area contributed by atoms with E-state index in [1.54, 1.807) is 17.5 Å². The number of aliphatic hydroxyl groups excluding tert-OH is 1. The first-order chi connectivity index (χ1) is 12.2. The van der Waals surface area contributed by atoms with Crippen LogP contribution in [0, 0.1) is 0 Å². The summed E-state index contributed by atoms with van der Waals surface area (Å²) in [6, 6.07) is 4.15. The van der Waals surface area contributed by atoms with Crippen LogP contribution in [-0.4, -0.2) is 65.1 Å². The molecule has 7 heteroatoms. The highest BCUT2D eigenvalue weighted by Gasteiger charge is 2.29. The van der Waals surface area contributed by atoms with Crippen molar-refractivity contribution in [3.8, 4) is 0 Å². The van der Waals surface area contributed by atoms with Crippen LogP contribution in [0.1, 0.15) is 33.3 Å². The third-order valence-electron chi connectivity index (χ3n) is 5.04. The van der Waals surface area contributed by atoms with Gasteiger partial charge in [0.05, 0.1) is 17.9 Å². The lowest BCUT2D eigenvalue weighted by Crippen LogP contribution is -2.47. The molecule has 0 amide bonds. The highest BCUT2D eigenvalue weighted by molar-refractivity contribution is 7.10. The van der Waals surface area contributed by atoms with E-state index in [9.17, 15) is 4.79 Å². The Labute approximate surface area is 151 Å². The number of thiophene rings is 1. The van der Waals surface area contributed by atoms with Gasteiger partial charge in [0.2, 0.25) is 5.95 Å². The summed E-state index contributed by atoms with van der Waals surface area (Å²) < 4.78 is 0. The van der Waals surface area contributed by atoms with E-state index in [1.807, 2.05) is 6.07 Å². The van der Waals surface area contributed by atoms with Gasteiger partial charge >= 0.3 is 0 Å². The number of piperazine rings is 1. The van der Waals surface area contributed by atoms with Gasteiger partial charge in [-0.1, -0.05) is 6.07 Å². The van der Waals surface area contributed by atoms with Crippen LogP contribution < -0.4 is 4.90 Å². The number of β-amino-alcohol motifs (C(OH)–C–C–N with tert-alkyl or cyclic N) is 1. The zero-order valence-electron chi connectivity index (χ0n) is 14.1. The van der Waals surface area contributed by atoms with Gasteiger partial charge in [-0.3, -0.25) is 9.69 Å². The molecule has 1 atom stereocenters. The Bertz CT molecular complexity index is 742. The number of aromatic nitrogens is 2. The maximum absolute atomic E-state index is 12.5. The molecule has 0 radical (unpaired) electrons. The SMILES string of the molecule is O=C1CC(c2cccs2)Cc2nc(N3CCN(CCO)CC3)ncc21. The number of anilines is 1. The standard InChI is InChI=1S/C18H22N4O2S/c23-8-7-21-3-5-22(6-4-21)18-19-12-14-15(20-18)10-13(11-16(14)24)17-2-1-9-25-17/h1-2,9,12-13,23H,3-8,10-11H2. The third kappa shape index (κ3) is 3.44. The minimum Gasteiger partial charge on any atom is -0.395 e. The topological polar surface area (TPSA) is 69.6 Å². The predicted octanol–water partition coefficient (Wildman–Crippen LogP) is 1.57. The predicted molar refractivity (Wildman–Crippen MR) is 97.5 cm³/mol. The minimum atomic E-state index is 0.152. The van der Waals surface area contributed by atoms with Gasteiger partial charge in [-0.25, -0.2) is 9.97 Å². The monoisotopic (exact) mass is 358 g/mol. The van der Waals surface area contributed by atoms with Gasteiger partial charge in [0.15, 0.2) is 5.78 Å². The van der Waals surface area contributed by atoms with Crippen LogP contribution in [0.2, 0.25) is 0 Å². The summed E-state index contributed by atoms with van der Waals surface area (Å²) in [6.07, 6.45) is 3.07. The Balaban J connectivity index is 1.52. The maximum Gasteiger partial charge on any atom is 0.225 e. The number of carbonyl (C=O) groups is 1. The molecule has 2 aromatic rings. The van der Waals surface area contributed by atoms with Crippen molar-refractivity contribution in [2.75, 3.05) is 44.2 Å². The van der Waals surface area contributed by atoms with Gasteiger partial charge in [0, 0.05) is 56.1 Å². The number of fused-ring (bicyclic) bond motifs is 1. The van der Waals surface area contributed by atoms with Crippen molar-refractivity contribution in [1.82, 2.24) is 14.9 Å². The van der Waals surface area contributed by atoms with Crippen molar-refractivity contribution in [3.05, 3.63) is 39.8 Å². The first-order valence-electron chi connectivity index (χ1n) is 8.75. The van der Waals surface area contributed by atoms with Crippen LogP contribution in [0.4, 0.5) is 5.95 Å². The smallest absolute Gasteiger partial charge is 0.225 e. The molecule has 1 aliphatic carbocycles. The molecule has 2 aromatic heterocycles. The average molecular weight is 358 g/mol. The number of aliphatic hydroxyl groups is 1. The van der Waals surface area contributed by atoms with Crippen LogP contribution in [0.25, 0.3) is 0 Å². The highest BCUT2D eigenvalue weighted by Crippen LogP contribution is 2.34. The quantitative estimate of drug-likeness (QED) is 0.895. The Hall–Kier alpha value is -1.83. The second kappa shape index (κ2) is 7.19. The van der Waals surface area contributed by atoms with Crippen LogP contribution in [0.3, 0.4) is 0 Å². The van der Waals surface area contributed by atoms with Crippen molar-refractivity contribution >= 4 is 23.1 Å². The molecule has 1 saturated heterocycles. The van der Waals surface area contributed by atoms with Crippen LogP contribution in [0.5, 0.6) is 0 Å². The molecule has 25 heavy (non-hydrogen) atoms. The molecule has 0 bridgehead atoms. The summed E-state index contributed by atoms with van der Waals surface area (Å²) in [7, 11) is 0. The molecule has 1 aliphatic heterocycles. The summed E-state index contributed by atoms with van der Waals surface area (Å²) in [5, 5.41) is 11.1. The number of hydrogen-bond donors (Lipinski definition) is 1. The first kappa shape index (κ1) is 16.6. The zero-order chi connectivity index (χ0) is 17.2. The summed E-state index contributed by atoms with van der Waals surface area (Å²) in [4.78, 5) is 27.4. The Morgan fingerprint density at radius 1 is 1.24 bits per heavy atom. The molecule has 3 heterocycles. The molecule has 0 spiro atoms. The Morgan fingerprint density at radius 2 is 2.08 bits per heavy atom. The molecule has 0 saturated carbocycles. The fourth-order valence-corrected chi connectivity index (χ4v) is 4.45. The van der Waals surface area contributed by atoms with Crippen molar-refractivity contribution in [1.29, 1.82) is 0 Å². The maximum atomic E-state index is 12.5. The van der Waals surface area contributed by atoms with E-state index in [0.717, 1.165) is 50.8 Å². The Kier molecular flexibility index (Phi) is 4.78. The normalized spacial score (nSPS) is 21.4. The second-order valence-electron chi connectivity index (χ2n) is 6.63. The number of nitrogens with zero attached hydrogens (tertiary/aromatic N) is 4. The van der Waals surface area contributed by atoms with Crippen molar-refractivity contribution in [2.45, 2.75) is 18.8 Å². The van der Waals surface area contributed by atoms with Crippen LogP contribution in [-0.2, 0) is 6.42 Å². The van der Waals surface area contributed by atoms with Gasteiger partial charge in [0.25, 0.3) is 0 Å². The lowest BCUT2D eigenvalue weighted by atomic mass is 9.86. The number of Topliss-reactive ketones (excluding diaryl/α,β-unsaturated/α-hetero) is 1. The molecular weight excluding hydrogens is 336 g/mol. The number of ketones is 1. The molecule has 1 unspecified atom stereocenters.